The van der Waals surface area contributed by atoms with Crippen molar-refractivity contribution in [3.05, 3.63) is 34.4 Å². The van der Waals surface area contributed by atoms with Gasteiger partial charge in [-0.15, -0.1) is 0 Å². The molecule has 7 heteroatoms. The molecule has 1 amide bonds. The lowest BCUT2D eigenvalue weighted by Crippen LogP contribution is -2.33. The minimum atomic E-state index is -0.585. The SMILES string of the molecule is CC(C)(C)OC(=O)NCCc1cn(C(=O)OC(C)(C)C)c2cccc(Br)c12. The van der Waals surface area contributed by atoms with Gasteiger partial charge >= 0.3 is 12.2 Å². The molecule has 2 aromatic rings. The Morgan fingerprint density at radius 3 is 2.30 bits per heavy atom. The van der Waals surface area contributed by atoms with Crippen LogP contribution in [0.3, 0.4) is 0 Å². The number of hydrogen-bond acceptors (Lipinski definition) is 4. The van der Waals surface area contributed by atoms with E-state index >= 15 is 0 Å². The lowest BCUT2D eigenvalue weighted by atomic mass is 10.1. The first-order valence-corrected chi connectivity index (χ1v) is 9.65. The lowest BCUT2D eigenvalue weighted by Gasteiger charge is -2.19. The number of alkyl carbamates (subject to hydrolysis) is 1. The quantitative estimate of drug-likeness (QED) is 0.709. The zero-order chi connectivity index (χ0) is 20.4. The number of ether oxygens (including phenoxy) is 2. The van der Waals surface area contributed by atoms with Gasteiger partial charge in [0.1, 0.15) is 11.2 Å². The molecule has 0 saturated carbocycles. The number of nitrogens with one attached hydrogen (secondary N) is 1. The fourth-order valence-corrected chi connectivity index (χ4v) is 3.20. The normalized spacial score (nSPS) is 12.1. The van der Waals surface area contributed by atoms with Crippen LogP contribution in [0, 0.1) is 0 Å². The first kappa shape index (κ1) is 21.3. The summed E-state index contributed by atoms with van der Waals surface area (Å²) in [6.07, 6.45) is 1.42. The van der Waals surface area contributed by atoms with Crippen LogP contribution in [0.2, 0.25) is 0 Å². The Morgan fingerprint density at radius 2 is 1.70 bits per heavy atom. The Morgan fingerprint density at radius 1 is 1.07 bits per heavy atom. The van der Waals surface area contributed by atoms with E-state index in [1.165, 1.54) is 4.57 Å². The highest BCUT2D eigenvalue weighted by Gasteiger charge is 2.22. The third-order valence-electron chi connectivity index (χ3n) is 3.51. The second kappa shape index (κ2) is 7.92. The van der Waals surface area contributed by atoms with Crippen molar-refractivity contribution in [3.63, 3.8) is 0 Å². The topological polar surface area (TPSA) is 69.6 Å². The average Bonchev–Trinajstić information content (AvgIpc) is 2.84. The number of carbonyl (C=O) groups is 2. The van der Waals surface area contributed by atoms with Gasteiger partial charge in [-0.2, -0.15) is 0 Å². The van der Waals surface area contributed by atoms with Gasteiger partial charge in [0.2, 0.25) is 0 Å². The number of fused-ring (bicyclic) bond motifs is 1. The Bertz CT molecular complexity index is 844. The molecular formula is C20H27BrN2O4. The third-order valence-corrected chi connectivity index (χ3v) is 4.17. The maximum Gasteiger partial charge on any atom is 0.419 e. The molecule has 1 N–H and O–H groups in total. The molecule has 0 aliphatic carbocycles. The van der Waals surface area contributed by atoms with Crippen LogP contribution < -0.4 is 5.32 Å². The number of nitrogens with zero attached hydrogens (tertiary/aromatic N) is 1. The molecule has 0 aliphatic heterocycles. The zero-order valence-corrected chi connectivity index (χ0v) is 18.3. The van der Waals surface area contributed by atoms with Crippen LogP contribution in [0.25, 0.3) is 10.9 Å². The van der Waals surface area contributed by atoms with Gasteiger partial charge in [-0.3, -0.25) is 4.57 Å². The van der Waals surface area contributed by atoms with Crippen molar-refractivity contribution < 1.29 is 19.1 Å². The molecule has 0 aliphatic rings. The van der Waals surface area contributed by atoms with Crippen molar-refractivity contribution in [3.8, 4) is 0 Å². The molecule has 0 saturated heterocycles. The van der Waals surface area contributed by atoms with E-state index in [4.69, 9.17) is 9.47 Å². The van der Waals surface area contributed by atoms with Crippen LogP contribution in [-0.2, 0) is 15.9 Å². The number of halogens is 1. The van der Waals surface area contributed by atoms with Gasteiger partial charge < -0.3 is 14.8 Å². The first-order valence-electron chi connectivity index (χ1n) is 8.86. The molecule has 0 radical (unpaired) electrons. The van der Waals surface area contributed by atoms with Gasteiger partial charge in [-0.05, 0) is 65.7 Å². The number of carbonyl (C=O) groups excluding carboxylic acids is 2. The molecule has 1 aromatic heterocycles. The maximum absolute atomic E-state index is 12.6. The van der Waals surface area contributed by atoms with Crippen molar-refractivity contribution in [2.45, 2.75) is 59.2 Å². The van der Waals surface area contributed by atoms with E-state index in [-0.39, 0.29) is 0 Å². The van der Waals surface area contributed by atoms with Crippen molar-refractivity contribution in [1.82, 2.24) is 9.88 Å². The maximum atomic E-state index is 12.6. The predicted octanol–water partition coefficient (Wildman–Crippen LogP) is 5.25. The van der Waals surface area contributed by atoms with Crippen LogP contribution in [0.15, 0.2) is 28.9 Å². The summed E-state index contributed by atoms with van der Waals surface area (Å²) in [5.41, 5.74) is 0.558. The minimum absolute atomic E-state index is 0.393. The van der Waals surface area contributed by atoms with Crippen LogP contribution in [0.1, 0.15) is 47.1 Å². The van der Waals surface area contributed by atoms with Gasteiger partial charge in [0.15, 0.2) is 0 Å². The van der Waals surface area contributed by atoms with Gasteiger partial charge in [-0.1, -0.05) is 22.0 Å². The first-order chi connectivity index (χ1) is 12.4. The Kier molecular flexibility index (Phi) is 6.24. The fourth-order valence-electron chi connectivity index (χ4n) is 2.59. The molecule has 2 rings (SSSR count). The van der Waals surface area contributed by atoms with Crippen LogP contribution in [0.4, 0.5) is 9.59 Å². The molecule has 27 heavy (non-hydrogen) atoms. The molecule has 1 aromatic carbocycles. The van der Waals surface area contributed by atoms with E-state index in [0.29, 0.717) is 13.0 Å². The largest absolute Gasteiger partial charge is 0.444 e. The second-order valence-electron chi connectivity index (χ2n) is 8.32. The molecule has 0 atom stereocenters. The summed E-state index contributed by atoms with van der Waals surface area (Å²) in [4.78, 5) is 24.4. The number of amides is 1. The molecule has 1 heterocycles. The molecule has 0 fully saturated rings. The van der Waals surface area contributed by atoms with E-state index in [9.17, 15) is 9.59 Å². The smallest absolute Gasteiger partial charge is 0.419 e. The molecular weight excluding hydrogens is 412 g/mol. The summed E-state index contributed by atoms with van der Waals surface area (Å²) in [6, 6.07) is 5.66. The van der Waals surface area contributed by atoms with Gasteiger partial charge in [0.05, 0.1) is 5.52 Å². The van der Waals surface area contributed by atoms with Gasteiger partial charge in [-0.25, -0.2) is 9.59 Å². The number of hydrogen-bond donors (Lipinski definition) is 1. The Labute approximate surface area is 168 Å². The van der Waals surface area contributed by atoms with E-state index < -0.39 is 23.4 Å². The van der Waals surface area contributed by atoms with Gasteiger partial charge in [0, 0.05) is 22.6 Å². The monoisotopic (exact) mass is 438 g/mol. The number of rotatable bonds is 3. The average molecular weight is 439 g/mol. The van der Waals surface area contributed by atoms with E-state index in [1.807, 2.05) is 59.7 Å². The van der Waals surface area contributed by atoms with Crippen molar-refractivity contribution in [1.29, 1.82) is 0 Å². The van der Waals surface area contributed by atoms with Crippen LogP contribution in [0.5, 0.6) is 0 Å². The molecule has 0 bridgehead atoms. The zero-order valence-electron chi connectivity index (χ0n) is 16.7. The number of benzene rings is 1. The molecule has 148 valence electrons. The molecule has 0 spiro atoms. The third kappa shape index (κ3) is 5.99. The highest BCUT2D eigenvalue weighted by molar-refractivity contribution is 9.10. The summed E-state index contributed by atoms with van der Waals surface area (Å²) < 4.78 is 13.1. The lowest BCUT2D eigenvalue weighted by molar-refractivity contribution is 0.0521. The molecule has 6 nitrogen and oxygen atoms in total. The highest BCUT2D eigenvalue weighted by Crippen LogP contribution is 2.30. The standard InChI is InChI=1S/C20H27BrN2O4/c1-19(2,3)26-17(24)22-11-10-13-12-23(18(25)27-20(4,5)6)15-9-7-8-14(21)16(13)15/h7-9,12H,10-11H2,1-6H3,(H,22,24). The minimum Gasteiger partial charge on any atom is -0.444 e. The van der Waals surface area contributed by atoms with Crippen molar-refractivity contribution >= 4 is 39.0 Å². The van der Waals surface area contributed by atoms with Crippen LogP contribution in [-0.4, -0.2) is 34.5 Å². The van der Waals surface area contributed by atoms with Crippen LogP contribution >= 0.6 is 15.9 Å². The summed E-state index contributed by atoms with van der Waals surface area (Å²) in [6.45, 7) is 11.3. The Hall–Kier alpha value is -2.02. The van der Waals surface area contributed by atoms with E-state index in [2.05, 4.69) is 21.2 Å². The van der Waals surface area contributed by atoms with E-state index in [0.717, 1.165) is 20.9 Å². The fraction of sp³-hybridized carbons (Fsp3) is 0.500. The summed E-state index contributed by atoms with van der Waals surface area (Å²) >= 11 is 3.55. The molecule has 0 unspecified atom stereocenters. The Balaban J connectivity index is 2.22. The second-order valence-corrected chi connectivity index (χ2v) is 9.17. The van der Waals surface area contributed by atoms with Gasteiger partial charge in [0.25, 0.3) is 0 Å². The summed E-state index contributed by atoms with van der Waals surface area (Å²) in [5.74, 6) is 0. The van der Waals surface area contributed by atoms with Crippen molar-refractivity contribution in [2.24, 2.45) is 0 Å². The summed E-state index contributed by atoms with van der Waals surface area (Å²) in [5, 5.41) is 3.67. The summed E-state index contributed by atoms with van der Waals surface area (Å²) in [7, 11) is 0. The number of aromatic nitrogens is 1. The predicted molar refractivity (Wildman–Crippen MR) is 109 cm³/mol. The van der Waals surface area contributed by atoms with E-state index in [1.54, 1.807) is 6.20 Å². The van der Waals surface area contributed by atoms with Crippen molar-refractivity contribution in [2.75, 3.05) is 6.54 Å². The highest BCUT2D eigenvalue weighted by atomic mass is 79.9.